The second-order valence-corrected chi connectivity index (χ2v) is 7.82. The summed E-state index contributed by atoms with van der Waals surface area (Å²) >= 11 is 1.55. The van der Waals surface area contributed by atoms with Crippen molar-refractivity contribution in [3.63, 3.8) is 0 Å². The lowest BCUT2D eigenvalue weighted by Crippen LogP contribution is -2.42. The molecule has 6 nitrogen and oxygen atoms in total. The number of pyridine rings is 1. The number of thiophene rings is 1. The first-order chi connectivity index (χ1) is 13.6. The number of nitrogens with one attached hydrogen (secondary N) is 1. The number of nitrogens with zero attached hydrogens (tertiary/aromatic N) is 2. The number of hydrogen-bond donors (Lipinski definition) is 2. The highest BCUT2D eigenvalue weighted by Gasteiger charge is 2.21. The molecule has 0 saturated heterocycles. The Balaban J connectivity index is 1.36. The van der Waals surface area contributed by atoms with Gasteiger partial charge in [-0.1, -0.05) is 23.4 Å². The van der Waals surface area contributed by atoms with Crippen molar-refractivity contribution in [2.45, 2.75) is 19.1 Å². The molecule has 0 fully saturated rings. The van der Waals surface area contributed by atoms with Crippen LogP contribution in [-0.2, 0) is 6.54 Å². The van der Waals surface area contributed by atoms with Crippen LogP contribution in [-0.4, -0.2) is 34.0 Å². The van der Waals surface area contributed by atoms with Crippen molar-refractivity contribution in [1.82, 2.24) is 15.5 Å². The van der Waals surface area contributed by atoms with Crippen LogP contribution in [0.4, 0.5) is 0 Å². The second-order valence-electron chi connectivity index (χ2n) is 6.93. The molecule has 4 rings (SSSR count). The Morgan fingerprint density at radius 2 is 2.18 bits per heavy atom. The molecule has 0 aliphatic rings. The zero-order valence-corrected chi connectivity index (χ0v) is 16.3. The van der Waals surface area contributed by atoms with Gasteiger partial charge in [0.25, 0.3) is 0 Å². The zero-order chi connectivity index (χ0) is 19.4. The van der Waals surface area contributed by atoms with Crippen LogP contribution in [0, 0.1) is 0 Å². The third kappa shape index (κ3) is 4.39. The van der Waals surface area contributed by atoms with Crippen LogP contribution in [0.15, 0.2) is 64.8 Å². The van der Waals surface area contributed by atoms with Gasteiger partial charge >= 0.3 is 0 Å². The van der Waals surface area contributed by atoms with Crippen LogP contribution in [0.3, 0.4) is 0 Å². The molecule has 0 saturated carbocycles. The van der Waals surface area contributed by atoms with E-state index in [-0.39, 0.29) is 6.61 Å². The molecule has 4 aromatic rings. The van der Waals surface area contributed by atoms with Gasteiger partial charge in [0.1, 0.15) is 18.0 Å². The van der Waals surface area contributed by atoms with Crippen LogP contribution >= 0.6 is 11.3 Å². The van der Waals surface area contributed by atoms with Gasteiger partial charge in [0, 0.05) is 31.0 Å². The molecule has 7 heteroatoms. The topological polar surface area (TPSA) is 80.4 Å². The maximum absolute atomic E-state index is 10.6. The number of hydrogen-bond acceptors (Lipinski definition) is 7. The molecule has 0 aliphatic heterocycles. The summed E-state index contributed by atoms with van der Waals surface area (Å²) in [5.74, 6) is 1.40. The van der Waals surface area contributed by atoms with E-state index in [0.29, 0.717) is 18.8 Å². The van der Waals surface area contributed by atoms with Crippen molar-refractivity contribution in [3.05, 3.63) is 65.8 Å². The molecule has 0 radical (unpaired) electrons. The molecule has 0 amide bonds. The molecule has 0 spiro atoms. The van der Waals surface area contributed by atoms with Gasteiger partial charge in [-0.15, -0.1) is 11.3 Å². The van der Waals surface area contributed by atoms with Crippen molar-refractivity contribution in [1.29, 1.82) is 0 Å². The average Bonchev–Trinajstić information content (AvgIpc) is 3.31. The van der Waals surface area contributed by atoms with E-state index in [1.54, 1.807) is 30.7 Å². The predicted octanol–water partition coefficient (Wildman–Crippen LogP) is 3.87. The maximum Gasteiger partial charge on any atom is 0.175 e. The van der Waals surface area contributed by atoms with Gasteiger partial charge in [-0.3, -0.25) is 4.98 Å². The lowest BCUT2D eigenvalue weighted by Gasteiger charge is -2.24. The molecule has 1 atom stereocenters. The summed E-state index contributed by atoms with van der Waals surface area (Å²) in [5.41, 5.74) is 0.955. The number of aromatic nitrogens is 2. The Labute approximate surface area is 166 Å². The normalized spacial score (nSPS) is 13.5. The SMILES string of the molecule is C[C@](O)(CNCc1cccnc1)COc1cccc(-c2onc3sccc23)c1. The number of ether oxygens (including phenoxy) is 1. The van der Waals surface area contributed by atoms with E-state index in [1.807, 2.05) is 47.8 Å². The molecule has 3 heterocycles. The van der Waals surface area contributed by atoms with Gasteiger partial charge in [-0.2, -0.15) is 0 Å². The Morgan fingerprint density at radius 3 is 3.04 bits per heavy atom. The van der Waals surface area contributed by atoms with E-state index in [9.17, 15) is 5.11 Å². The fourth-order valence-corrected chi connectivity index (χ4v) is 3.59. The second kappa shape index (κ2) is 8.10. The molecular formula is C21H21N3O3S. The van der Waals surface area contributed by atoms with Crippen LogP contribution < -0.4 is 10.1 Å². The molecule has 0 unspecified atom stereocenters. The predicted molar refractivity (Wildman–Crippen MR) is 109 cm³/mol. The van der Waals surface area contributed by atoms with Crippen molar-refractivity contribution >= 4 is 21.6 Å². The van der Waals surface area contributed by atoms with Crippen molar-refractivity contribution < 1.29 is 14.4 Å². The lowest BCUT2D eigenvalue weighted by atomic mass is 10.1. The fourth-order valence-electron chi connectivity index (χ4n) is 2.89. The van der Waals surface area contributed by atoms with Gasteiger partial charge in [0.15, 0.2) is 10.6 Å². The standard InChI is InChI=1S/C21H21N3O3S/c1-21(25,13-23-12-15-4-3-8-22-11-15)14-26-17-6-2-5-16(10-17)19-18-7-9-28-20(18)24-27-19/h2-11,23,25H,12-14H2,1H3/t21-/m0/s1. The minimum atomic E-state index is -1.01. The first kappa shape index (κ1) is 18.6. The van der Waals surface area contributed by atoms with Gasteiger partial charge in [-0.05, 0) is 42.1 Å². The first-order valence-corrected chi connectivity index (χ1v) is 9.87. The molecule has 3 aromatic heterocycles. The van der Waals surface area contributed by atoms with E-state index in [2.05, 4.69) is 15.5 Å². The fraction of sp³-hybridized carbons (Fsp3) is 0.238. The first-order valence-electron chi connectivity index (χ1n) is 8.99. The Bertz CT molecular complexity index is 1040. The summed E-state index contributed by atoms with van der Waals surface area (Å²) in [7, 11) is 0. The van der Waals surface area contributed by atoms with E-state index >= 15 is 0 Å². The smallest absolute Gasteiger partial charge is 0.175 e. The van der Waals surface area contributed by atoms with E-state index < -0.39 is 5.60 Å². The number of benzene rings is 1. The summed E-state index contributed by atoms with van der Waals surface area (Å²) in [6, 6.07) is 13.5. The third-order valence-corrected chi connectivity index (χ3v) is 5.10. The van der Waals surface area contributed by atoms with Crippen molar-refractivity contribution in [2.24, 2.45) is 0 Å². The number of aliphatic hydroxyl groups is 1. The highest BCUT2D eigenvalue weighted by molar-refractivity contribution is 7.16. The highest BCUT2D eigenvalue weighted by atomic mass is 32.1. The molecule has 1 aromatic carbocycles. The van der Waals surface area contributed by atoms with Crippen molar-refractivity contribution in [3.8, 4) is 17.1 Å². The van der Waals surface area contributed by atoms with Crippen molar-refractivity contribution in [2.75, 3.05) is 13.2 Å². The van der Waals surface area contributed by atoms with Crippen LogP contribution in [0.25, 0.3) is 21.5 Å². The molecule has 2 N–H and O–H groups in total. The monoisotopic (exact) mass is 395 g/mol. The summed E-state index contributed by atoms with van der Waals surface area (Å²) in [6.07, 6.45) is 3.54. The molecule has 144 valence electrons. The minimum absolute atomic E-state index is 0.167. The van der Waals surface area contributed by atoms with E-state index in [4.69, 9.17) is 9.26 Å². The van der Waals surface area contributed by atoms with Gasteiger partial charge in [0.05, 0.1) is 5.39 Å². The van der Waals surface area contributed by atoms with Crippen LogP contribution in [0.1, 0.15) is 12.5 Å². The number of fused-ring (bicyclic) bond motifs is 1. The van der Waals surface area contributed by atoms with E-state index in [0.717, 1.165) is 27.1 Å². The van der Waals surface area contributed by atoms with Gasteiger partial charge in [-0.25, -0.2) is 0 Å². The zero-order valence-electron chi connectivity index (χ0n) is 15.5. The molecule has 28 heavy (non-hydrogen) atoms. The third-order valence-electron chi connectivity index (χ3n) is 4.31. The summed E-state index contributed by atoms with van der Waals surface area (Å²) in [5, 5.41) is 20.9. The maximum atomic E-state index is 10.6. The summed E-state index contributed by atoms with van der Waals surface area (Å²) < 4.78 is 11.3. The van der Waals surface area contributed by atoms with E-state index in [1.165, 1.54) is 0 Å². The summed E-state index contributed by atoms with van der Waals surface area (Å²) in [6.45, 7) is 2.96. The molecular weight excluding hydrogens is 374 g/mol. The minimum Gasteiger partial charge on any atom is -0.491 e. The van der Waals surface area contributed by atoms with Crippen LogP contribution in [0.5, 0.6) is 5.75 Å². The summed E-state index contributed by atoms with van der Waals surface area (Å²) in [4.78, 5) is 4.96. The van der Waals surface area contributed by atoms with Crippen LogP contribution in [0.2, 0.25) is 0 Å². The lowest BCUT2D eigenvalue weighted by molar-refractivity contribution is 0.0120. The molecule has 0 aliphatic carbocycles. The average molecular weight is 395 g/mol. The van der Waals surface area contributed by atoms with Gasteiger partial charge < -0.3 is 19.7 Å². The largest absolute Gasteiger partial charge is 0.491 e. The Hall–Kier alpha value is -2.74. The Kier molecular flexibility index (Phi) is 5.38. The highest BCUT2D eigenvalue weighted by Crippen LogP contribution is 2.33. The van der Waals surface area contributed by atoms with Gasteiger partial charge in [0.2, 0.25) is 0 Å². The number of rotatable bonds is 8. The Morgan fingerprint density at radius 1 is 1.25 bits per heavy atom. The molecule has 0 bridgehead atoms. The quantitative estimate of drug-likeness (QED) is 0.471.